The Morgan fingerprint density at radius 3 is 0.800 bits per heavy atom. The average molecular weight is 840 g/mol. The number of carbonyl (C=O) groups excluding carboxylic acids is 6. The van der Waals surface area contributed by atoms with Gasteiger partial charge >= 0.3 is 35.8 Å². The van der Waals surface area contributed by atoms with Crippen molar-refractivity contribution in [1.29, 1.82) is 0 Å². The lowest BCUT2D eigenvalue weighted by Crippen LogP contribution is -2.20. The van der Waals surface area contributed by atoms with Crippen molar-refractivity contribution in [3.63, 3.8) is 0 Å². The van der Waals surface area contributed by atoms with Crippen LogP contribution in [-0.4, -0.2) is 75.5 Å². The molecule has 0 unspecified atom stereocenters. The van der Waals surface area contributed by atoms with Crippen LogP contribution < -0.4 is 0 Å². The third-order valence-corrected chi connectivity index (χ3v) is 9.05. The molecular formula is C48H71O12. The Hall–Kier alpha value is -4.74. The van der Waals surface area contributed by atoms with Gasteiger partial charge in [-0.25, -0.2) is 28.8 Å². The minimum Gasteiger partial charge on any atom is -0.462 e. The monoisotopic (exact) mass is 839 g/mol. The summed E-state index contributed by atoms with van der Waals surface area (Å²) in [5.41, 5.74) is -0.786. The van der Waals surface area contributed by atoms with Gasteiger partial charge in [-0.1, -0.05) is 119 Å². The molecule has 0 N–H and O–H groups in total. The van der Waals surface area contributed by atoms with Gasteiger partial charge in [-0.2, -0.15) is 0 Å². The topological polar surface area (TPSA) is 158 Å². The molecule has 0 atom stereocenters. The molecule has 1 aromatic rings. The molecular weight excluding hydrogens is 769 g/mol. The van der Waals surface area contributed by atoms with Gasteiger partial charge in [0.2, 0.25) is 0 Å². The lowest BCUT2D eigenvalue weighted by molar-refractivity contribution is -0.148. The largest absolute Gasteiger partial charge is 0.462 e. The summed E-state index contributed by atoms with van der Waals surface area (Å²) in [5.74, 6) is -5.41. The van der Waals surface area contributed by atoms with Gasteiger partial charge in [0, 0.05) is 0 Å². The zero-order valence-corrected chi connectivity index (χ0v) is 37.3. The van der Waals surface area contributed by atoms with Gasteiger partial charge in [0.25, 0.3) is 0 Å². The van der Waals surface area contributed by atoms with Gasteiger partial charge in [-0.15, -0.1) is 0 Å². The zero-order valence-electron chi connectivity index (χ0n) is 37.3. The fraction of sp³-hybridized carbons (Fsp3) is 0.625. The molecule has 0 saturated heterocycles. The van der Waals surface area contributed by atoms with E-state index in [-0.39, 0.29) is 56.3 Å². The van der Waals surface area contributed by atoms with Crippen molar-refractivity contribution in [2.45, 2.75) is 157 Å². The van der Waals surface area contributed by atoms with E-state index in [1.165, 1.54) is 30.4 Å². The smallest absolute Gasteiger partial charge is 0.345 e. The van der Waals surface area contributed by atoms with E-state index in [4.69, 9.17) is 28.4 Å². The van der Waals surface area contributed by atoms with E-state index < -0.39 is 52.5 Å². The molecule has 0 aliphatic heterocycles. The number of hydrogen-bond acceptors (Lipinski definition) is 12. The van der Waals surface area contributed by atoms with E-state index in [1.807, 2.05) is 41.5 Å². The lowest BCUT2D eigenvalue weighted by atomic mass is 10.00. The van der Waals surface area contributed by atoms with Crippen LogP contribution >= 0.6 is 0 Å². The summed E-state index contributed by atoms with van der Waals surface area (Å²) >= 11 is 0. The molecule has 0 aromatic heterocycles. The Balaban J connectivity index is 4.09. The van der Waals surface area contributed by atoms with Crippen molar-refractivity contribution in [2.75, 3.05) is 39.6 Å². The number of unbranched alkanes of at least 4 members (excludes halogenated alkanes) is 12. The maximum absolute atomic E-state index is 13.4. The molecule has 1 rings (SSSR count). The summed E-state index contributed by atoms with van der Waals surface area (Å²) in [7, 11) is 0. The highest BCUT2D eigenvalue weighted by atomic mass is 16.6. The van der Waals surface area contributed by atoms with Crippen molar-refractivity contribution < 1.29 is 57.2 Å². The maximum Gasteiger partial charge on any atom is 0.345 e. The van der Waals surface area contributed by atoms with Crippen molar-refractivity contribution >= 4 is 54.0 Å². The van der Waals surface area contributed by atoms with Crippen molar-refractivity contribution in [2.24, 2.45) is 0 Å². The number of carbonyl (C=O) groups is 6. The number of hydrogen-bond donors (Lipinski definition) is 0. The van der Waals surface area contributed by atoms with Gasteiger partial charge in [-0.3, -0.25) is 0 Å². The van der Waals surface area contributed by atoms with Crippen LogP contribution in [0.5, 0.6) is 0 Å². The van der Waals surface area contributed by atoms with Crippen molar-refractivity contribution in [3.8, 4) is 0 Å². The Morgan fingerprint density at radius 1 is 0.367 bits per heavy atom. The van der Waals surface area contributed by atoms with Gasteiger partial charge in [0.15, 0.2) is 0 Å². The maximum atomic E-state index is 13.4. The number of benzene rings is 1. The van der Waals surface area contributed by atoms with E-state index in [0.717, 1.165) is 77.0 Å². The summed E-state index contributed by atoms with van der Waals surface area (Å²) in [6, 6.07) is 6.01. The minimum atomic E-state index is -0.906. The summed E-state index contributed by atoms with van der Waals surface area (Å²) in [5, 5.41) is 0. The molecule has 0 fully saturated rings. The second-order valence-corrected chi connectivity index (χ2v) is 14.6. The van der Waals surface area contributed by atoms with Crippen LogP contribution in [0.1, 0.15) is 174 Å². The van der Waals surface area contributed by atoms with Crippen LogP contribution in [-0.2, 0) is 57.2 Å². The second-order valence-electron chi connectivity index (χ2n) is 14.6. The third-order valence-electron chi connectivity index (χ3n) is 9.05. The summed E-state index contributed by atoms with van der Waals surface area (Å²) in [4.78, 5) is 80.6. The second kappa shape index (κ2) is 34.0. The Kier molecular flexibility index (Phi) is 30.2. The molecule has 0 heterocycles. The van der Waals surface area contributed by atoms with Crippen LogP contribution in [0.25, 0.3) is 18.2 Å². The molecule has 60 heavy (non-hydrogen) atoms. The van der Waals surface area contributed by atoms with Crippen molar-refractivity contribution in [3.05, 3.63) is 51.6 Å². The molecule has 1 aromatic carbocycles. The first kappa shape index (κ1) is 53.3. The van der Waals surface area contributed by atoms with Crippen LogP contribution in [0.15, 0.2) is 28.9 Å². The summed E-state index contributed by atoms with van der Waals surface area (Å²) in [6.45, 7) is 12.6. The molecule has 335 valence electrons. The first-order valence-corrected chi connectivity index (χ1v) is 22.3. The summed E-state index contributed by atoms with van der Waals surface area (Å²) < 4.78 is 32.8. The number of ether oxygens (including phenoxy) is 6. The van der Waals surface area contributed by atoms with Crippen molar-refractivity contribution in [1.82, 2.24) is 0 Å². The Labute approximate surface area is 358 Å². The quantitative estimate of drug-likeness (QED) is 0.0165. The Morgan fingerprint density at radius 2 is 0.583 bits per heavy atom. The van der Waals surface area contributed by atoms with Gasteiger partial charge in [0.05, 0.1) is 39.6 Å². The molecule has 1 radical (unpaired) electrons. The average Bonchev–Trinajstić information content (AvgIpc) is 3.24. The van der Waals surface area contributed by atoms with E-state index >= 15 is 0 Å². The highest BCUT2D eigenvalue weighted by molar-refractivity contribution is 6.19. The van der Waals surface area contributed by atoms with Crippen LogP contribution in [0.4, 0.5) is 0 Å². The molecule has 0 saturated carbocycles. The zero-order chi connectivity index (χ0) is 44.4. The molecule has 0 bridgehead atoms. The molecule has 0 aliphatic rings. The third kappa shape index (κ3) is 23.2. The van der Waals surface area contributed by atoms with E-state index in [0.29, 0.717) is 38.5 Å². The summed E-state index contributed by atoms with van der Waals surface area (Å²) in [6.07, 6.45) is 17.6. The van der Waals surface area contributed by atoms with Crippen LogP contribution in [0.2, 0.25) is 0 Å². The highest BCUT2D eigenvalue weighted by Gasteiger charge is 2.25. The van der Waals surface area contributed by atoms with Gasteiger partial charge < -0.3 is 28.4 Å². The van der Waals surface area contributed by atoms with Crippen LogP contribution in [0.3, 0.4) is 0 Å². The SMILES string of the molecule is CCCCCOC(=O)C(=Cc1[c]c(C=C(C(=O)OCCCCC)C(=O)OCCCCC)cc(C=C(C(=O)OCCCCC)C(=O)OCCCCC)c1)C(=O)OCCCCC. The predicted octanol–water partition coefficient (Wildman–Crippen LogP) is 10.0. The highest BCUT2D eigenvalue weighted by Crippen LogP contribution is 2.22. The van der Waals surface area contributed by atoms with E-state index in [9.17, 15) is 28.8 Å². The first-order chi connectivity index (χ1) is 29.1. The minimum absolute atomic E-state index is 0.0851. The first-order valence-electron chi connectivity index (χ1n) is 22.3. The number of esters is 6. The molecule has 12 nitrogen and oxygen atoms in total. The fourth-order valence-electron chi connectivity index (χ4n) is 5.53. The lowest BCUT2D eigenvalue weighted by Gasteiger charge is -2.12. The molecule has 12 heteroatoms. The van der Waals surface area contributed by atoms with Gasteiger partial charge in [0.1, 0.15) is 16.7 Å². The predicted molar refractivity (Wildman–Crippen MR) is 232 cm³/mol. The Bertz CT molecular complexity index is 1280. The molecule has 0 spiro atoms. The van der Waals surface area contributed by atoms with Crippen LogP contribution in [0, 0.1) is 6.07 Å². The fourth-order valence-corrected chi connectivity index (χ4v) is 5.53. The molecule has 0 aliphatic carbocycles. The van der Waals surface area contributed by atoms with Gasteiger partial charge in [-0.05, 0) is 91.6 Å². The normalized spacial score (nSPS) is 10.5. The van der Waals surface area contributed by atoms with E-state index in [2.05, 4.69) is 6.07 Å². The molecule has 0 amide bonds. The number of rotatable bonds is 33. The standard InChI is InChI=1S/C48H71O12/c1-7-13-19-25-55-43(49)40(44(50)56-26-20-14-8-2)34-37-31-38(35-41(45(51)57-27-21-15-9-3)46(52)58-28-22-16-10-4)33-39(32-37)36-42(47(53)59-29-23-17-11-5)48(54)60-30-24-18-12-6/h31-32,34-36H,7-30H2,1-6H3. The van der Waals surface area contributed by atoms with E-state index in [1.54, 1.807) is 0 Å².